The van der Waals surface area contributed by atoms with Crippen LogP contribution in [0.4, 0.5) is 0 Å². The van der Waals surface area contributed by atoms with E-state index in [9.17, 15) is 9.59 Å². The van der Waals surface area contributed by atoms with Gasteiger partial charge in [-0.15, -0.1) is 0 Å². The normalized spacial score (nSPS) is 10.9. The molecular formula is C21H18ClN5O3. The highest BCUT2D eigenvalue weighted by Crippen LogP contribution is 2.18. The number of methoxy groups -OCH3 is 1. The second-order valence-electron chi connectivity index (χ2n) is 6.54. The molecule has 0 radical (unpaired) electrons. The third-order valence-electron chi connectivity index (χ3n) is 4.59. The van der Waals surface area contributed by atoms with Gasteiger partial charge < -0.3 is 10.1 Å². The Bertz CT molecular complexity index is 1280. The monoisotopic (exact) mass is 423 g/mol. The van der Waals surface area contributed by atoms with E-state index in [1.165, 1.54) is 21.8 Å². The van der Waals surface area contributed by atoms with Crippen molar-refractivity contribution >= 4 is 28.5 Å². The van der Waals surface area contributed by atoms with Gasteiger partial charge in [-0.25, -0.2) is 9.67 Å². The predicted octanol–water partition coefficient (Wildman–Crippen LogP) is 2.56. The van der Waals surface area contributed by atoms with E-state index in [4.69, 9.17) is 16.3 Å². The Kier molecular flexibility index (Phi) is 5.49. The molecule has 0 fully saturated rings. The van der Waals surface area contributed by atoms with E-state index < -0.39 is 0 Å². The van der Waals surface area contributed by atoms with E-state index in [2.05, 4.69) is 15.4 Å². The molecule has 4 aromatic rings. The average molecular weight is 424 g/mol. The molecule has 8 nitrogen and oxygen atoms in total. The molecule has 1 amide bonds. The maximum absolute atomic E-state index is 12.8. The second kappa shape index (κ2) is 8.38. The number of aromatic nitrogens is 4. The van der Waals surface area contributed by atoms with Crippen LogP contribution in [0.25, 0.3) is 16.7 Å². The summed E-state index contributed by atoms with van der Waals surface area (Å²) in [5.41, 5.74) is 1.59. The number of nitrogens with one attached hydrogen (secondary N) is 1. The molecule has 2 aromatic heterocycles. The first-order chi connectivity index (χ1) is 14.6. The van der Waals surface area contributed by atoms with Gasteiger partial charge in [-0.3, -0.25) is 14.2 Å². The van der Waals surface area contributed by atoms with Crippen molar-refractivity contribution in [2.45, 2.75) is 13.1 Å². The molecule has 152 valence electrons. The number of nitrogens with zero attached hydrogens (tertiary/aromatic N) is 4. The topological polar surface area (TPSA) is 91.0 Å². The molecule has 0 aliphatic rings. The van der Waals surface area contributed by atoms with Gasteiger partial charge in [0.15, 0.2) is 5.65 Å². The summed E-state index contributed by atoms with van der Waals surface area (Å²) in [7, 11) is 1.57. The van der Waals surface area contributed by atoms with Crippen LogP contribution < -0.4 is 15.6 Å². The summed E-state index contributed by atoms with van der Waals surface area (Å²) < 4.78 is 8.07. The van der Waals surface area contributed by atoms with Gasteiger partial charge in [-0.05, 0) is 24.3 Å². The molecule has 0 aliphatic carbocycles. The molecule has 4 rings (SSSR count). The highest BCUT2D eigenvalue weighted by Gasteiger charge is 2.13. The lowest BCUT2D eigenvalue weighted by Gasteiger charge is -2.10. The van der Waals surface area contributed by atoms with Crippen molar-refractivity contribution in [2.75, 3.05) is 7.11 Å². The van der Waals surface area contributed by atoms with Gasteiger partial charge in [0.25, 0.3) is 5.56 Å². The molecule has 0 bridgehead atoms. The number of ether oxygens (including phenoxy) is 1. The molecule has 0 atom stereocenters. The van der Waals surface area contributed by atoms with Crippen LogP contribution in [0.15, 0.2) is 65.8 Å². The number of hydrogen-bond donors (Lipinski definition) is 1. The van der Waals surface area contributed by atoms with Gasteiger partial charge in [0.05, 0.1) is 19.0 Å². The number of rotatable bonds is 6. The van der Waals surface area contributed by atoms with Gasteiger partial charge in [0, 0.05) is 17.1 Å². The first-order valence-corrected chi connectivity index (χ1v) is 9.52. The van der Waals surface area contributed by atoms with Crippen LogP contribution >= 0.6 is 11.6 Å². The number of hydrogen-bond acceptors (Lipinski definition) is 5. The standard InChI is InChI=1S/C21H18ClN5O3/c1-30-18-8-3-2-5-14(18)10-23-19(28)12-26-13-24-20-17(21(26)29)11-25-27(20)16-7-4-6-15(22)9-16/h2-9,11,13H,10,12H2,1H3,(H,23,28). The Morgan fingerprint density at radius 2 is 2.03 bits per heavy atom. The molecule has 2 aromatic carbocycles. The first kappa shape index (κ1) is 19.7. The van der Waals surface area contributed by atoms with E-state index >= 15 is 0 Å². The van der Waals surface area contributed by atoms with E-state index in [-0.39, 0.29) is 18.0 Å². The fraction of sp³-hybridized carbons (Fsp3) is 0.143. The number of carbonyl (C=O) groups is 1. The summed E-state index contributed by atoms with van der Waals surface area (Å²) in [6.45, 7) is 0.138. The highest BCUT2D eigenvalue weighted by molar-refractivity contribution is 6.30. The maximum Gasteiger partial charge on any atom is 0.264 e. The van der Waals surface area contributed by atoms with Crippen LogP contribution in [0, 0.1) is 0 Å². The number of fused-ring (bicyclic) bond motifs is 1. The zero-order chi connectivity index (χ0) is 21.1. The first-order valence-electron chi connectivity index (χ1n) is 9.14. The highest BCUT2D eigenvalue weighted by atomic mass is 35.5. The summed E-state index contributed by atoms with van der Waals surface area (Å²) in [5.74, 6) is 0.373. The summed E-state index contributed by atoms with van der Waals surface area (Å²) in [5, 5.41) is 7.91. The smallest absolute Gasteiger partial charge is 0.264 e. The minimum absolute atomic E-state index is 0.154. The summed E-state index contributed by atoms with van der Waals surface area (Å²) in [6, 6.07) is 14.5. The third-order valence-corrected chi connectivity index (χ3v) is 4.82. The van der Waals surface area contributed by atoms with Crippen molar-refractivity contribution in [3.63, 3.8) is 0 Å². The lowest BCUT2D eigenvalue weighted by atomic mass is 10.2. The van der Waals surface area contributed by atoms with Crippen LogP contribution in [0.5, 0.6) is 5.75 Å². The minimum atomic E-state index is -0.347. The Labute approximate surface area is 176 Å². The van der Waals surface area contributed by atoms with Crippen molar-refractivity contribution in [3.05, 3.63) is 82.0 Å². The quantitative estimate of drug-likeness (QED) is 0.514. The Balaban J connectivity index is 1.53. The van der Waals surface area contributed by atoms with Crippen molar-refractivity contribution in [3.8, 4) is 11.4 Å². The van der Waals surface area contributed by atoms with E-state index in [1.54, 1.807) is 25.3 Å². The Morgan fingerprint density at radius 3 is 2.83 bits per heavy atom. The van der Waals surface area contributed by atoms with Crippen LogP contribution in [0.1, 0.15) is 5.56 Å². The Hall–Kier alpha value is -3.65. The molecule has 9 heteroatoms. The number of amides is 1. The van der Waals surface area contributed by atoms with Gasteiger partial charge in [-0.1, -0.05) is 35.9 Å². The van der Waals surface area contributed by atoms with E-state index in [0.717, 1.165) is 5.56 Å². The lowest BCUT2D eigenvalue weighted by Crippen LogP contribution is -2.32. The predicted molar refractivity (Wildman–Crippen MR) is 113 cm³/mol. The molecule has 1 N–H and O–H groups in total. The van der Waals surface area contributed by atoms with Gasteiger partial charge >= 0.3 is 0 Å². The van der Waals surface area contributed by atoms with Crippen molar-refractivity contribution in [1.29, 1.82) is 0 Å². The molecule has 0 unspecified atom stereocenters. The fourth-order valence-corrected chi connectivity index (χ4v) is 3.30. The Morgan fingerprint density at radius 1 is 1.20 bits per heavy atom. The van der Waals surface area contributed by atoms with E-state index in [0.29, 0.717) is 34.0 Å². The van der Waals surface area contributed by atoms with Crippen molar-refractivity contribution < 1.29 is 9.53 Å². The molecule has 30 heavy (non-hydrogen) atoms. The summed E-state index contributed by atoms with van der Waals surface area (Å²) >= 11 is 6.04. The van der Waals surface area contributed by atoms with Crippen molar-refractivity contribution in [2.24, 2.45) is 0 Å². The number of benzene rings is 2. The fourth-order valence-electron chi connectivity index (χ4n) is 3.11. The van der Waals surface area contributed by atoms with E-state index in [1.807, 2.05) is 30.3 Å². The SMILES string of the molecule is COc1ccccc1CNC(=O)Cn1cnc2c(cnn2-c2cccc(Cl)c2)c1=O. The number of carbonyl (C=O) groups excluding carboxylic acids is 1. The van der Waals surface area contributed by atoms with Crippen LogP contribution in [-0.2, 0) is 17.9 Å². The maximum atomic E-state index is 12.8. The van der Waals surface area contributed by atoms with Gasteiger partial charge in [-0.2, -0.15) is 5.10 Å². The van der Waals surface area contributed by atoms with Crippen molar-refractivity contribution in [1.82, 2.24) is 24.6 Å². The van der Waals surface area contributed by atoms with Crippen LogP contribution in [0.3, 0.4) is 0 Å². The molecule has 0 saturated heterocycles. The summed E-state index contributed by atoms with van der Waals surface area (Å²) in [4.78, 5) is 29.5. The minimum Gasteiger partial charge on any atom is -0.496 e. The number of para-hydroxylation sites is 1. The largest absolute Gasteiger partial charge is 0.496 e. The average Bonchev–Trinajstić information content (AvgIpc) is 3.19. The lowest BCUT2D eigenvalue weighted by molar-refractivity contribution is -0.121. The molecule has 0 saturated carbocycles. The second-order valence-corrected chi connectivity index (χ2v) is 6.98. The zero-order valence-corrected chi connectivity index (χ0v) is 16.8. The van der Waals surface area contributed by atoms with Gasteiger partial charge in [0.2, 0.25) is 5.91 Å². The number of halogens is 1. The third kappa shape index (κ3) is 3.90. The van der Waals surface area contributed by atoms with Gasteiger partial charge in [0.1, 0.15) is 24.0 Å². The molecule has 0 spiro atoms. The van der Waals surface area contributed by atoms with Crippen LogP contribution in [-0.4, -0.2) is 32.3 Å². The molecular weight excluding hydrogens is 406 g/mol. The summed E-state index contributed by atoms with van der Waals surface area (Å²) in [6.07, 6.45) is 2.78. The molecule has 0 aliphatic heterocycles. The molecule has 2 heterocycles. The zero-order valence-electron chi connectivity index (χ0n) is 16.1. The van der Waals surface area contributed by atoms with Crippen LogP contribution in [0.2, 0.25) is 5.02 Å².